The van der Waals surface area contributed by atoms with Crippen molar-refractivity contribution in [3.8, 4) is 11.8 Å². The smallest absolute Gasteiger partial charge is 0.167 e. The lowest BCUT2D eigenvalue weighted by Crippen LogP contribution is -1.98. The molecule has 2 aromatic rings. The molecule has 0 bridgehead atoms. The van der Waals surface area contributed by atoms with Gasteiger partial charge in [-0.05, 0) is 29.8 Å². The van der Waals surface area contributed by atoms with Gasteiger partial charge in [0, 0.05) is 11.8 Å². The zero-order valence-corrected chi connectivity index (χ0v) is 9.56. The van der Waals surface area contributed by atoms with Crippen LogP contribution in [0.1, 0.15) is 11.1 Å². The second-order valence-electron chi connectivity index (χ2n) is 3.79. The van der Waals surface area contributed by atoms with Crippen LogP contribution in [0.15, 0.2) is 42.5 Å². The van der Waals surface area contributed by atoms with E-state index in [9.17, 15) is 4.39 Å². The fraction of sp³-hybridized carbons (Fsp3) is 0.0714. The van der Waals surface area contributed by atoms with Crippen molar-refractivity contribution in [3.63, 3.8) is 0 Å². The topological polar surface area (TPSA) is 59.0 Å². The van der Waals surface area contributed by atoms with E-state index < -0.39 is 5.82 Å². The molecule has 3 nitrogen and oxygen atoms in total. The summed E-state index contributed by atoms with van der Waals surface area (Å²) >= 11 is 0. The Kier molecular flexibility index (Phi) is 3.44. The minimum atomic E-state index is -0.494. The van der Waals surface area contributed by atoms with Crippen LogP contribution in [0.2, 0.25) is 0 Å². The zero-order chi connectivity index (χ0) is 13.0. The number of nitrogen functional groups attached to an aromatic ring is 1. The predicted molar refractivity (Wildman–Crippen MR) is 66.3 cm³/mol. The Labute approximate surface area is 104 Å². The second-order valence-corrected chi connectivity index (χ2v) is 3.79. The number of benzene rings is 2. The Hall–Kier alpha value is -2.54. The number of ether oxygens (including phenoxy) is 1. The molecule has 0 unspecified atom stereocenters. The number of rotatable bonds is 3. The van der Waals surface area contributed by atoms with Crippen LogP contribution in [-0.4, -0.2) is 0 Å². The first-order valence-corrected chi connectivity index (χ1v) is 5.36. The van der Waals surface area contributed by atoms with Crippen molar-refractivity contribution in [2.75, 3.05) is 5.73 Å². The summed E-state index contributed by atoms with van der Waals surface area (Å²) < 4.78 is 18.8. The summed E-state index contributed by atoms with van der Waals surface area (Å²) in [4.78, 5) is 0. The summed E-state index contributed by atoms with van der Waals surface area (Å²) in [6.45, 7) is 0.205. The van der Waals surface area contributed by atoms with Gasteiger partial charge in [0.05, 0.1) is 11.6 Å². The Morgan fingerprint density at radius 3 is 2.78 bits per heavy atom. The summed E-state index contributed by atoms with van der Waals surface area (Å²) in [5.41, 5.74) is 7.15. The predicted octanol–water partition coefficient (Wildman–Crippen LogP) is 2.86. The van der Waals surface area contributed by atoms with Gasteiger partial charge in [0.2, 0.25) is 0 Å². The van der Waals surface area contributed by atoms with Gasteiger partial charge in [-0.3, -0.25) is 0 Å². The van der Waals surface area contributed by atoms with Crippen molar-refractivity contribution in [1.29, 1.82) is 5.26 Å². The molecule has 4 heteroatoms. The fourth-order valence-corrected chi connectivity index (χ4v) is 1.53. The molecule has 2 rings (SSSR count). The molecule has 0 aliphatic carbocycles. The van der Waals surface area contributed by atoms with Crippen molar-refractivity contribution in [1.82, 2.24) is 0 Å². The van der Waals surface area contributed by atoms with Crippen LogP contribution in [-0.2, 0) is 6.61 Å². The van der Waals surface area contributed by atoms with Gasteiger partial charge in [0.1, 0.15) is 6.61 Å². The maximum Gasteiger partial charge on any atom is 0.167 e. The lowest BCUT2D eigenvalue weighted by atomic mass is 10.1. The fourth-order valence-electron chi connectivity index (χ4n) is 1.53. The van der Waals surface area contributed by atoms with E-state index in [0.717, 1.165) is 5.56 Å². The van der Waals surface area contributed by atoms with Gasteiger partial charge in [0.15, 0.2) is 11.6 Å². The molecule has 0 aromatic heterocycles. The van der Waals surface area contributed by atoms with Crippen molar-refractivity contribution < 1.29 is 9.13 Å². The van der Waals surface area contributed by atoms with Crippen molar-refractivity contribution in [2.45, 2.75) is 6.61 Å². The maximum atomic E-state index is 13.4. The highest BCUT2D eigenvalue weighted by Crippen LogP contribution is 2.20. The van der Waals surface area contributed by atoms with Gasteiger partial charge < -0.3 is 10.5 Å². The SMILES string of the molecule is N#Cc1cccc(COc2ccc(N)cc2F)c1. The molecule has 0 atom stereocenters. The molecule has 0 saturated carbocycles. The molecule has 0 radical (unpaired) electrons. The lowest BCUT2D eigenvalue weighted by molar-refractivity contribution is 0.290. The van der Waals surface area contributed by atoms with Gasteiger partial charge in [-0.15, -0.1) is 0 Å². The number of nitrogens with zero attached hydrogens (tertiary/aromatic N) is 1. The van der Waals surface area contributed by atoms with Crippen LogP contribution < -0.4 is 10.5 Å². The third kappa shape index (κ3) is 2.77. The summed E-state index contributed by atoms with van der Waals surface area (Å²) in [6.07, 6.45) is 0. The van der Waals surface area contributed by atoms with Crippen molar-refractivity contribution >= 4 is 5.69 Å². The van der Waals surface area contributed by atoms with E-state index in [4.69, 9.17) is 15.7 Å². The molecule has 0 spiro atoms. The molecule has 90 valence electrons. The van der Waals surface area contributed by atoms with E-state index in [0.29, 0.717) is 11.3 Å². The maximum absolute atomic E-state index is 13.4. The van der Waals surface area contributed by atoms with Gasteiger partial charge in [-0.2, -0.15) is 5.26 Å². The molecule has 0 aliphatic heterocycles. The summed E-state index contributed by atoms with van der Waals surface area (Å²) in [5, 5.41) is 8.76. The molecule has 2 aromatic carbocycles. The van der Waals surface area contributed by atoms with Crippen molar-refractivity contribution in [3.05, 3.63) is 59.4 Å². The first-order valence-electron chi connectivity index (χ1n) is 5.36. The van der Waals surface area contributed by atoms with E-state index in [1.54, 1.807) is 24.3 Å². The Morgan fingerprint density at radius 2 is 2.06 bits per heavy atom. The van der Waals surface area contributed by atoms with E-state index in [-0.39, 0.29) is 12.4 Å². The highest BCUT2D eigenvalue weighted by molar-refractivity contribution is 5.43. The number of anilines is 1. The van der Waals surface area contributed by atoms with E-state index in [1.165, 1.54) is 12.1 Å². The molecule has 0 amide bonds. The number of halogens is 1. The van der Waals surface area contributed by atoms with Crippen LogP contribution in [0.3, 0.4) is 0 Å². The molecule has 18 heavy (non-hydrogen) atoms. The van der Waals surface area contributed by atoms with Gasteiger partial charge in [0.25, 0.3) is 0 Å². The van der Waals surface area contributed by atoms with Gasteiger partial charge in [-0.1, -0.05) is 12.1 Å². The summed E-state index contributed by atoms with van der Waals surface area (Å²) in [5.74, 6) is -0.349. The molecular formula is C14H11FN2O. The first kappa shape index (κ1) is 11.9. The van der Waals surface area contributed by atoms with Crippen molar-refractivity contribution in [2.24, 2.45) is 0 Å². The molecule has 0 saturated heterocycles. The molecule has 0 fully saturated rings. The standard InChI is InChI=1S/C14H11FN2O/c15-13-7-12(17)4-5-14(13)18-9-11-3-1-2-10(6-11)8-16/h1-7H,9,17H2. The normalized spacial score (nSPS) is 9.78. The summed E-state index contributed by atoms with van der Waals surface area (Å²) in [6, 6.07) is 13.3. The Morgan fingerprint density at radius 1 is 1.22 bits per heavy atom. The van der Waals surface area contributed by atoms with Crippen LogP contribution in [0.5, 0.6) is 5.75 Å². The van der Waals surface area contributed by atoms with Crippen LogP contribution in [0.4, 0.5) is 10.1 Å². The van der Waals surface area contributed by atoms with Crippen LogP contribution >= 0.6 is 0 Å². The average Bonchev–Trinajstić information content (AvgIpc) is 2.38. The minimum Gasteiger partial charge on any atom is -0.486 e. The van der Waals surface area contributed by atoms with Gasteiger partial charge >= 0.3 is 0 Å². The van der Waals surface area contributed by atoms with Crippen LogP contribution in [0, 0.1) is 17.1 Å². The monoisotopic (exact) mass is 242 g/mol. The minimum absolute atomic E-state index is 0.145. The molecule has 0 aliphatic rings. The third-order valence-corrected chi connectivity index (χ3v) is 2.41. The largest absolute Gasteiger partial charge is 0.486 e. The Bertz CT molecular complexity index is 605. The van der Waals surface area contributed by atoms with E-state index in [1.807, 2.05) is 12.1 Å². The van der Waals surface area contributed by atoms with E-state index >= 15 is 0 Å². The molecular weight excluding hydrogens is 231 g/mol. The molecule has 0 heterocycles. The zero-order valence-electron chi connectivity index (χ0n) is 9.56. The quantitative estimate of drug-likeness (QED) is 0.842. The third-order valence-electron chi connectivity index (χ3n) is 2.41. The van der Waals surface area contributed by atoms with Gasteiger partial charge in [-0.25, -0.2) is 4.39 Å². The second kappa shape index (κ2) is 5.19. The number of nitriles is 1. The lowest BCUT2D eigenvalue weighted by Gasteiger charge is -2.07. The summed E-state index contributed by atoms with van der Waals surface area (Å²) in [7, 11) is 0. The molecule has 2 N–H and O–H groups in total. The Balaban J connectivity index is 2.09. The average molecular weight is 242 g/mol. The first-order chi connectivity index (χ1) is 8.69. The highest BCUT2D eigenvalue weighted by atomic mass is 19.1. The van der Waals surface area contributed by atoms with Crippen LogP contribution in [0.25, 0.3) is 0 Å². The van der Waals surface area contributed by atoms with E-state index in [2.05, 4.69) is 0 Å². The number of hydrogen-bond donors (Lipinski definition) is 1. The number of nitrogens with two attached hydrogens (primary N) is 1. The number of hydrogen-bond acceptors (Lipinski definition) is 3. The highest BCUT2D eigenvalue weighted by Gasteiger charge is 2.04.